The minimum absolute atomic E-state index is 0. The molecular weight excluding hydrogens is 83.0 g/mol. The lowest BCUT2D eigenvalue weighted by atomic mass is 10.8. The van der Waals surface area contributed by atoms with E-state index in [-0.39, 0.29) is 8.41 Å². The van der Waals surface area contributed by atoms with Crippen LogP contribution in [0.25, 0.3) is 0 Å². The Morgan fingerprint density at radius 3 is 1.25 bits per heavy atom. The van der Waals surface area contributed by atoms with Crippen molar-refractivity contribution in [3.63, 3.8) is 0 Å². The fraction of sp³-hybridized carbons (Fsp3) is 0. The van der Waals surface area contributed by atoms with Crippen LogP contribution < -0.4 is 0 Å². The summed E-state index contributed by atoms with van der Waals surface area (Å²) >= 11 is 0. The van der Waals surface area contributed by atoms with E-state index in [1.54, 1.807) is 0 Å². The molecule has 0 aromatic rings. The molecule has 26 valence electrons. The lowest BCUT2D eigenvalue weighted by Gasteiger charge is -1.62. The lowest BCUT2D eigenvalue weighted by Crippen LogP contribution is -1.65. The van der Waals surface area contributed by atoms with E-state index in [4.69, 9.17) is 0 Å². The fourth-order valence-electron chi connectivity index (χ4n) is 0. The van der Waals surface area contributed by atoms with Crippen LogP contribution in [0.1, 0.15) is 0 Å². The van der Waals surface area contributed by atoms with Crippen molar-refractivity contribution in [2.45, 2.75) is 0 Å². The zero-order chi connectivity index (χ0) is 2.71. The van der Waals surface area contributed by atoms with Crippen LogP contribution in [0.5, 0.6) is 0 Å². The summed E-state index contributed by atoms with van der Waals surface area (Å²) < 4.78 is 4.53. The van der Waals surface area contributed by atoms with Crippen molar-refractivity contribution >= 4 is 29.4 Å². The van der Waals surface area contributed by atoms with Gasteiger partial charge in [-0.05, 0) is 0 Å². The molecule has 4 heavy (non-hydrogen) atoms. The Bertz CT molecular complexity index is 6.00. The topological polar surface area (TPSA) is 9.23 Å². The maximum atomic E-state index is 4.53. The van der Waals surface area contributed by atoms with E-state index in [0.717, 1.165) is 21.0 Å². The summed E-state index contributed by atoms with van der Waals surface area (Å²) in [6, 6.07) is 0. The van der Waals surface area contributed by atoms with Crippen LogP contribution in [0.2, 0.25) is 0 Å². The molecule has 0 atom stereocenters. The summed E-state index contributed by atoms with van der Waals surface area (Å²) in [4.78, 5) is 0. The van der Waals surface area contributed by atoms with Gasteiger partial charge in [0.15, 0.2) is 0 Å². The van der Waals surface area contributed by atoms with Crippen LogP contribution >= 0.6 is 0 Å². The van der Waals surface area contributed by atoms with Crippen LogP contribution in [-0.4, -0.2) is 29.4 Å². The smallest absolute Gasteiger partial charge is 0.129 e. The third kappa shape index (κ3) is 24.9. The third-order valence-electron chi connectivity index (χ3n) is 0. The average molecular weight is 92.1 g/mol. The molecule has 0 radical (unpaired) electrons. The van der Waals surface area contributed by atoms with Crippen LogP contribution in [0, 0.1) is 0 Å². The van der Waals surface area contributed by atoms with E-state index in [1.165, 1.54) is 0 Å². The first kappa shape index (κ1) is 8.82. The number of rotatable bonds is 0. The molecular formula is H9BOSi2. The van der Waals surface area contributed by atoms with Gasteiger partial charge in [-0.2, -0.15) is 0 Å². The average Bonchev–Trinajstić information content (AvgIpc) is 0.918. The maximum Gasteiger partial charge on any atom is 0.129 e. The van der Waals surface area contributed by atoms with Gasteiger partial charge in [0.05, 0.1) is 8.41 Å². The van der Waals surface area contributed by atoms with Crippen molar-refractivity contribution in [3.05, 3.63) is 0 Å². The third-order valence-corrected chi connectivity index (χ3v) is 0. The summed E-state index contributed by atoms with van der Waals surface area (Å²) in [5.74, 6) is 0. The van der Waals surface area contributed by atoms with E-state index in [2.05, 4.69) is 4.12 Å². The second kappa shape index (κ2) is 9.83. The minimum Gasteiger partial charge on any atom is -0.471 e. The van der Waals surface area contributed by atoms with Crippen molar-refractivity contribution in [1.82, 2.24) is 0 Å². The predicted molar refractivity (Wildman–Crippen MR) is 30.9 cm³/mol. The van der Waals surface area contributed by atoms with Crippen LogP contribution in [0.3, 0.4) is 0 Å². The molecule has 0 aliphatic carbocycles. The Labute approximate surface area is 34.4 Å². The van der Waals surface area contributed by atoms with Gasteiger partial charge >= 0.3 is 0 Å². The molecule has 0 fully saturated rings. The lowest BCUT2D eigenvalue weighted by molar-refractivity contribution is 0.690. The molecule has 0 rings (SSSR count). The minimum atomic E-state index is 0. The molecule has 0 heterocycles. The van der Waals surface area contributed by atoms with E-state index >= 15 is 0 Å². The van der Waals surface area contributed by atoms with Gasteiger partial charge in [-0.3, -0.25) is 0 Å². The standard InChI is InChI=1S/BH3.H6OSi2/c;2-1-3/h1H3;2-3H3. The van der Waals surface area contributed by atoms with Crippen molar-refractivity contribution in [2.24, 2.45) is 0 Å². The summed E-state index contributed by atoms with van der Waals surface area (Å²) in [7, 11) is 1.86. The van der Waals surface area contributed by atoms with Crippen molar-refractivity contribution in [2.75, 3.05) is 0 Å². The van der Waals surface area contributed by atoms with Gasteiger partial charge in [-0.15, -0.1) is 0 Å². The Morgan fingerprint density at radius 1 is 1.25 bits per heavy atom. The molecule has 0 aromatic carbocycles. The highest BCUT2D eigenvalue weighted by molar-refractivity contribution is 6.15. The fourth-order valence-corrected chi connectivity index (χ4v) is 0. The number of hydrogen-bond acceptors (Lipinski definition) is 1. The summed E-state index contributed by atoms with van der Waals surface area (Å²) in [6.45, 7) is 0. The highest BCUT2D eigenvalue weighted by Gasteiger charge is 1.28. The van der Waals surface area contributed by atoms with E-state index in [1.807, 2.05) is 0 Å². The molecule has 0 bridgehead atoms. The molecule has 0 saturated heterocycles. The van der Waals surface area contributed by atoms with Crippen molar-refractivity contribution in [1.29, 1.82) is 0 Å². The van der Waals surface area contributed by atoms with E-state index < -0.39 is 0 Å². The first-order chi connectivity index (χ1) is 1.41. The Hall–Kier alpha value is 0.459. The Morgan fingerprint density at radius 2 is 1.25 bits per heavy atom. The van der Waals surface area contributed by atoms with Gasteiger partial charge in [0.25, 0.3) is 0 Å². The van der Waals surface area contributed by atoms with Crippen LogP contribution in [0.4, 0.5) is 0 Å². The molecule has 0 aromatic heterocycles. The highest BCUT2D eigenvalue weighted by Crippen LogP contribution is 1.20. The van der Waals surface area contributed by atoms with Crippen LogP contribution in [0.15, 0.2) is 0 Å². The SMILES string of the molecule is B.[SiH3]O[SiH3]. The largest absolute Gasteiger partial charge is 0.471 e. The molecule has 0 aliphatic heterocycles. The molecule has 0 amide bonds. The van der Waals surface area contributed by atoms with Crippen molar-refractivity contribution in [3.8, 4) is 0 Å². The zero-order valence-electron chi connectivity index (χ0n) is 2.41. The van der Waals surface area contributed by atoms with Gasteiger partial charge in [-0.25, -0.2) is 0 Å². The summed E-state index contributed by atoms with van der Waals surface area (Å²) in [5, 5.41) is 0. The molecule has 1 nitrogen and oxygen atoms in total. The highest BCUT2D eigenvalue weighted by atomic mass is 28.3. The second-order valence-electron chi connectivity index (χ2n) is 0.408. The number of hydrogen-bond donors (Lipinski definition) is 0. The van der Waals surface area contributed by atoms with E-state index in [0.29, 0.717) is 0 Å². The first-order valence-electron chi connectivity index (χ1n) is 0.816. The summed E-state index contributed by atoms with van der Waals surface area (Å²) in [5.41, 5.74) is 0. The molecule has 0 saturated carbocycles. The van der Waals surface area contributed by atoms with Crippen LogP contribution in [-0.2, 0) is 4.12 Å². The molecule has 0 aliphatic rings. The summed E-state index contributed by atoms with van der Waals surface area (Å²) in [6.07, 6.45) is 0. The zero-order valence-corrected chi connectivity index (χ0v) is 6.41. The van der Waals surface area contributed by atoms with Gasteiger partial charge in [0.1, 0.15) is 21.0 Å². The Balaban J connectivity index is 0. The van der Waals surface area contributed by atoms with Gasteiger partial charge in [0.2, 0.25) is 0 Å². The molecule has 0 spiro atoms. The van der Waals surface area contributed by atoms with E-state index in [9.17, 15) is 0 Å². The van der Waals surface area contributed by atoms with Gasteiger partial charge < -0.3 is 4.12 Å². The Kier molecular flexibility index (Phi) is 21.7. The predicted octanol–water partition coefficient (Wildman–Crippen LogP) is -3.62. The second-order valence-corrected chi connectivity index (χ2v) is 3.67. The quantitative estimate of drug-likeness (QED) is 0.280. The van der Waals surface area contributed by atoms with Crippen molar-refractivity contribution < 1.29 is 4.12 Å². The van der Waals surface area contributed by atoms with Gasteiger partial charge in [0, 0.05) is 0 Å². The maximum absolute atomic E-state index is 4.53. The normalized spacial score (nSPS) is 6.00. The monoisotopic (exact) mass is 92.0 g/mol. The molecule has 0 N–H and O–H groups in total. The molecule has 4 heteroatoms. The first-order valence-corrected chi connectivity index (χ1v) is 2.45. The molecule has 0 unspecified atom stereocenters. The van der Waals surface area contributed by atoms with Gasteiger partial charge in [-0.1, -0.05) is 0 Å².